The molecule has 0 aromatic heterocycles. The van der Waals surface area contributed by atoms with E-state index in [4.69, 9.17) is 15.2 Å². The fourth-order valence-electron chi connectivity index (χ4n) is 2.95. The van der Waals surface area contributed by atoms with Gasteiger partial charge in [0.1, 0.15) is 0 Å². The lowest BCUT2D eigenvalue weighted by Crippen LogP contribution is -2.30. The molecular formula is C17H27ClN2O3. The van der Waals surface area contributed by atoms with Crippen molar-refractivity contribution in [2.24, 2.45) is 11.7 Å². The van der Waals surface area contributed by atoms with Crippen molar-refractivity contribution in [2.75, 3.05) is 46.6 Å². The van der Waals surface area contributed by atoms with E-state index in [-0.39, 0.29) is 18.3 Å². The summed E-state index contributed by atoms with van der Waals surface area (Å²) in [5.41, 5.74) is 7.17. The van der Waals surface area contributed by atoms with Crippen LogP contribution in [0, 0.1) is 5.92 Å². The van der Waals surface area contributed by atoms with Gasteiger partial charge in [-0.25, -0.2) is 0 Å². The Labute approximate surface area is 144 Å². The minimum atomic E-state index is 0. The van der Waals surface area contributed by atoms with E-state index in [2.05, 4.69) is 12.1 Å². The van der Waals surface area contributed by atoms with Gasteiger partial charge in [-0.05, 0) is 18.0 Å². The zero-order valence-corrected chi connectivity index (χ0v) is 14.5. The number of likely N-dealkylation sites (tertiary alicyclic amines) is 1. The molecule has 0 spiro atoms. The van der Waals surface area contributed by atoms with E-state index in [9.17, 15) is 4.79 Å². The second-order valence-corrected chi connectivity index (χ2v) is 5.67. The maximum Gasteiger partial charge on any atom is 0.224 e. The topological polar surface area (TPSA) is 64.8 Å². The number of halogens is 1. The molecule has 2 rings (SSSR count). The van der Waals surface area contributed by atoms with Gasteiger partial charge in [-0.1, -0.05) is 30.3 Å². The Balaban J connectivity index is 0.00000264. The van der Waals surface area contributed by atoms with Crippen LogP contribution in [0.15, 0.2) is 30.3 Å². The first-order valence-electron chi connectivity index (χ1n) is 7.85. The second-order valence-electron chi connectivity index (χ2n) is 5.67. The third-order valence-electron chi connectivity index (χ3n) is 4.22. The number of hydrogen-bond donors (Lipinski definition) is 1. The van der Waals surface area contributed by atoms with E-state index >= 15 is 0 Å². The number of benzene rings is 1. The van der Waals surface area contributed by atoms with Gasteiger partial charge in [0.2, 0.25) is 5.91 Å². The molecule has 0 radical (unpaired) electrons. The van der Waals surface area contributed by atoms with Gasteiger partial charge in [0.15, 0.2) is 0 Å². The van der Waals surface area contributed by atoms with Crippen molar-refractivity contribution in [1.29, 1.82) is 0 Å². The standard InChI is InChI=1S/C17H26N2O3.ClH/c1-21-9-10-22-8-7-17(20)19-12-15(11-18)16(13-19)14-5-3-2-4-6-14;/h2-6,15-16H,7-13,18H2,1H3;1H/t15-,16+;/m1./s1. The van der Waals surface area contributed by atoms with Crippen LogP contribution in [0.4, 0.5) is 0 Å². The van der Waals surface area contributed by atoms with Gasteiger partial charge in [-0.15, -0.1) is 12.4 Å². The summed E-state index contributed by atoms with van der Waals surface area (Å²) in [6.07, 6.45) is 0.419. The molecule has 2 atom stereocenters. The number of carbonyl (C=O) groups is 1. The summed E-state index contributed by atoms with van der Waals surface area (Å²) in [6, 6.07) is 10.3. The van der Waals surface area contributed by atoms with Crippen molar-refractivity contribution in [3.05, 3.63) is 35.9 Å². The lowest BCUT2D eigenvalue weighted by Gasteiger charge is -2.17. The summed E-state index contributed by atoms with van der Waals surface area (Å²) in [6.45, 7) is 3.64. The largest absolute Gasteiger partial charge is 0.382 e. The van der Waals surface area contributed by atoms with Gasteiger partial charge in [-0.3, -0.25) is 4.79 Å². The highest BCUT2D eigenvalue weighted by atomic mass is 35.5. The van der Waals surface area contributed by atoms with Gasteiger partial charge in [0.05, 0.1) is 26.2 Å². The van der Waals surface area contributed by atoms with E-state index in [1.54, 1.807) is 7.11 Å². The molecule has 0 unspecified atom stereocenters. The summed E-state index contributed by atoms with van der Waals surface area (Å²) in [5, 5.41) is 0. The van der Waals surface area contributed by atoms with Gasteiger partial charge < -0.3 is 20.1 Å². The number of nitrogens with two attached hydrogens (primary N) is 1. The van der Waals surface area contributed by atoms with Crippen LogP contribution < -0.4 is 5.73 Å². The average Bonchev–Trinajstić information content (AvgIpc) is 3.00. The summed E-state index contributed by atoms with van der Waals surface area (Å²) < 4.78 is 10.3. The van der Waals surface area contributed by atoms with E-state index in [0.29, 0.717) is 44.6 Å². The smallest absolute Gasteiger partial charge is 0.224 e. The van der Waals surface area contributed by atoms with E-state index in [0.717, 1.165) is 13.1 Å². The average molecular weight is 343 g/mol. The van der Waals surface area contributed by atoms with Crippen LogP contribution in [-0.4, -0.2) is 57.4 Å². The second kappa shape index (κ2) is 10.6. The number of carbonyl (C=O) groups excluding carboxylic acids is 1. The quantitative estimate of drug-likeness (QED) is 0.730. The SMILES string of the molecule is COCCOCCC(=O)N1C[C@@H](CN)[C@H](c2ccccc2)C1.Cl. The number of rotatable bonds is 8. The van der Waals surface area contributed by atoms with Crippen molar-refractivity contribution in [1.82, 2.24) is 4.90 Å². The maximum atomic E-state index is 12.3. The Bertz CT molecular complexity index is 458. The molecule has 1 saturated heterocycles. The molecule has 5 nitrogen and oxygen atoms in total. The molecule has 1 aromatic rings. The molecule has 23 heavy (non-hydrogen) atoms. The highest BCUT2D eigenvalue weighted by molar-refractivity contribution is 5.85. The number of amides is 1. The minimum Gasteiger partial charge on any atom is -0.382 e. The van der Waals surface area contributed by atoms with Crippen LogP contribution >= 0.6 is 12.4 Å². The fourth-order valence-corrected chi connectivity index (χ4v) is 2.95. The number of nitrogens with zero attached hydrogens (tertiary/aromatic N) is 1. The monoisotopic (exact) mass is 342 g/mol. The third-order valence-corrected chi connectivity index (χ3v) is 4.22. The van der Waals surface area contributed by atoms with Gasteiger partial charge >= 0.3 is 0 Å². The Kier molecular flexibility index (Phi) is 9.17. The highest BCUT2D eigenvalue weighted by Crippen LogP contribution is 2.32. The molecule has 0 bridgehead atoms. The van der Waals surface area contributed by atoms with Crippen LogP contribution in [-0.2, 0) is 14.3 Å². The molecule has 1 amide bonds. The van der Waals surface area contributed by atoms with Crippen LogP contribution in [0.25, 0.3) is 0 Å². The maximum absolute atomic E-state index is 12.3. The Morgan fingerprint density at radius 3 is 2.61 bits per heavy atom. The van der Waals surface area contributed by atoms with Crippen LogP contribution in [0.1, 0.15) is 17.9 Å². The van der Waals surface area contributed by atoms with Crippen molar-refractivity contribution in [3.63, 3.8) is 0 Å². The third kappa shape index (κ3) is 5.77. The molecule has 1 heterocycles. The van der Waals surface area contributed by atoms with Gasteiger partial charge in [0.25, 0.3) is 0 Å². The number of methoxy groups -OCH3 is 1. The predicted molar refractivity (Wildman–Crippen MR) is 92.9 cm³/mol. The first-order valence-corrected chi connectivity index (χ1v) is 7.85. The zero-order chi connectivity index (χ0) is 15.8. The molecule has 130 valence electrons. The van der Waals surface area contributed by atoms with Crippen molar-refractivity contribution in [3.8, 4) is 0 Å². The van der Waals surface area contributed by atoms with E-state index in [1.807, 2.05) is 23.1 Å². The molecule has 1 fully saturated rings. The Morgan fingerprint density at radius 2 is 1.96 bits per heavy atom. The Morgan fingerprint density at radius 1 is 1.22 bits per heavy atom. The molecule has 2 N–H and O–H groups in total. The summed E-state index contributed by atoms with van der Waals surface area (Å²) >= 11 is 0. The van der Waals surface area contributed by atoms with Crippen molar-refractivity contribution in [2.45, 2.75) is 12.3 Å². The van der Waals surface area contributed by atoms with Crippen LogP contribution in [0.2, 0.25) is 0 Å². The number of ether oxygens (including phenoxy) is 2. The lowest BCUT2D eigenvalue weighted by atomic mass is 9.89. The molecular weight excluding hydrogens is 316 g/mol. The van der Waals surface area contributed by atoms with Crippen molar-refractivity contribution < 1.29 is 14.3 Å². The first kappa shape index (κ1) is 19.9. The Hall–Kier alpha value is -1.14. The normalized spacial score (nSPS) is 20.3. The highest BCUT2D eigenvalue weighted by Gasteiger charge is 2.34. The lowest BCUT2D eigenvalue weighted by molar-refractivity contribution is -0.131. The predicted octanol–water partition coefficient (Wildman–Crippen LogP) is 1.66. The van der Waals surface area contributed by atoms with E-state index in [1.165, 1.54) is 5.56 Å². The summed E-state index contributed by atoms with van der Waals surface area (Å²) in [5.74, 6) is 0.819. The fraction of sp³-hybridized carbons (Fsp3) is 0.588. The molecule has 0 saturated carbocycles. The van der Waals surface area contributed by atoms with Gasteiger partial charge in [0, 0.05) is 26.1 Å². The summed E-state index contributed by atoms with van der Waals surface area (Å²) in [7, 11) is 1.63. The molecule has 1 aliphatic rings. The zero-order valence-electron chi connectivity index (χ0n) is 13.6. The van der Waals surface area contributed by atoms with Gasteiger partial charge in [-0.2, -0.15) is 0 Å². The molecule has 0 aliphatic carbocycles. The first-order chi connectivity index (χ1) is 10.8. The van der Waals surface area contributed by atoms with Crippen LogP contribution in [0.5, 0.6) is 0 Å². The van der Waals surface area contributed by atoms with Crippen molar-refractivity contribution >= 4 is 18.3 Å². The van der Waals surface area contributed by atoms with E-state index < -0.39 is 0 Å². The summed E-state index contributed by atoms with van der Waals surface area (Å²) in [4.78, 5) is 14.2. The molecule has 6 heteroatoms. The molecule has 1 aliphatic heterocycles. The van der Waals surface area contributed by atoms with Crippen LogP contribution in [0.3, 0.4) is 0 Å². The molecule has 1 aromatic carbocycles. The minimum absolute atomic E-state index is 0. The number of hydrogen-bond acceptors (Lipinski definition) is 4.